The predicted molar refractivity (Wildman–Crippen MR) is 51.3 cm³/mol. The Labute approximate surface area is 73.8 Å². The third-order valence-corrected chi connectivity index (χ3v) is 2.69. The van der Waals surface area contributed by atoms with E-state index in [1.807, 2.05) is 0 Å². The van der Waals surface area contributed by atoms with Crippen molar-refractivity contribution in [2.24, 2.45) is 0 Å². The van der Waals surface area contributed by atoms with Gasteiger partial charge in [0, 0.05) is 6.04 Å². The van der Waals surface area contributed by atoms with E-state index in [0.29, 0.717) is 6.04 Å². The maximum Gasteiger partial charge on any atom is 0.0297 e. The van der Waals surface area contributed by atoms with Crippen LogP contribution >= 0.6 is 0 Å². The summed E-state index contributed by atoms with van der Waals surface area (Å²) in [5, 5.41) is 3.48. The first-order chi connectivity index (χ1) is 5.79. The first kappa shape index (κ1) is 7.81. The van der Waals surface area contributed by atoms with Crippen molar-refractivity contribution in [3.63, 3.8) is 0 Å². The second-order valence-electron chi connectivity index (χ2n) is 3.57. The number of hydrogen-bond donors (Lipinski definition) is 1. The topological polar surface area (TPSA) is 12.0 Å². The normalized spacial score (nSPS) is 22.0. The van der Waals surface area contributed by atoms with Gasteiger partial charge in [0.15, 0.2) is 0 Å². The average Bonchev–Trinajstić information content (AvgIpc) is 2.04. The van der Waals surface area contributed by atoms with Crippen LogP contribution in [0, 0.1) is 6.92 Å². The van der Waals surface area contributed by atoms with Gasteiger partial charge < -0.3 is 5.32 Å². The van der Waals surface area contributed by atoms with E-state index >= 15 is 0 Å². The number of rotatable bonds is 0. The summed E-state index contributed by atoms with van der Waals surface area (Å²) in [6, 6.07) is 7.14. The highest BCUT2D eigenvalue weighted by Gasteiger charge is 2.16. The Balaban J connectivity index is 2.53. The van der Waals surface area contributed by atoms with Gasteiger partial charge in [-0.1, -0.05) is 18.2 Å². The van der Waals surface area contributed by atoms with E-state index in [4.69, 9.17) is 0 Å². The lowest BCUT2D eigenvalue weighted by Gasteiger charge is -2.25. The molecular weight excluding hydrogens is 146 g/mol. The zero-order chi connectivity index (χ0) is 8.55. The maximum atomic E-state index is 3.48. The monoisotopic (exact) mass is 161 g/mol. The number of nitrogens with one attached hydrogen (secondary N) is 1. The summed E-state index contributed by atoms with van der Waals surface area (Å²) < 4.78 is 0. The van der Waals surface area contributed by atoms with Crippen LogP contribution in [0.5, 0.6) is 0 Å². The van der Waals surface area contributed by atoms with Gasteiger partial charge in [0.2, 0.25) is 0 Å². The Morgan fingerprint density at radius 2 is 2.25 bits per heavy atom. The molecule has 1 aliphatic rings. The van der Waals surface area contributed by atoms with Crippen molar-refractivity contribution in [3.8, 4) is 0 Å². The summed E-state index contributed by atoms with van der Waals surface area (Å²) in [4.78, 5) is 0. The van der Waals surface area contributed by atoms with E-state index in [9.17, 15) is 0 Å². The fourth-order valence-electron chi connectivity index (χ4n) is 2.10. The van der Waals surface area contributed by atoms with Crippen LogP contribution in [0.25, 0.3) is 0 Å². The molecule has 1 atom stereocenters. The molecule has 0 radical (unpaired) electrons. The molecule has 2 rings (SSSR count). The molecule has 1 N–H and O–H groups in total. The maximum absolute atomic E-state index is 3.48. The van der Waals surface area contributed by atoms with Crippen LogP contribution < -0.4 is 5.32 Å². The number of hydrogen-bond acceptors (Lipinski definition) is 1. The largest absolute Gasteiger partial charge is 0.310 e. The SMILES string of the molecule is Cc1cccc2c1[C@H](C)NCC2. The standard InChI is InChI=1S/C11H15N/c1-8-4-3-5-10-6-7-12-9(2)11(8)10/h3-5,9,12H,6-7H2,1-2H3/t9-/m0/s1. The van der Waals surface area contributed by atoms with E-state index in [1.165, 1.54) is 23.1 Å². The second kappa shape index (κ2) is 2.91. The number of fused-ring (bicyclic) bond motifs is 1. The highest BCUT2D eigenvalue weighted by molar-refractivity contribution is 5.38. The molecule has 12 heavy (non-hydrogen) atoms. The molecule has 0 amide bonds. The lowest BCUT2D eigenvalue weighted by atomic mass is 9.91. The van der Waals surface area contributed by atoms with E-state index in [2.05, 4.69) is 37.4 Å². The van der Waals surface area contributed by atoms with Gasteiger partial charge in [-0.25, -0.2) is 0 Å². The summed E-state index contributed by atoms with van der Waals surface area (Å²) in [5.41, 5.74) is 4.47. The van der Waals surface area contributed by atoms with Crippen LogP contribution in [0.1, 0.15) is 29.7 Å². The Bertz CT molecular complexity index is 291. The summed E-state index contributed by atoms with van der Waals surface area (Å²) in [5.74, 6) is 0. The van der Waals surface area contributed by atoms with Crippen LogP contribution in [0.3, 0.4) is 0 Å². The minimum Gasteiger partial charge on any atom is -0.310 e. The van der Waals surface area contributed by atoms with Crippen LogP contribution in [-0.2, 0) is 6.42 Å². The predicted octanol–water partition coefficient (Wildman–Crippen LogP) is 2.20. The molecule has 0 spiro atoms. The zero-order valence-corrected chi connectivity index (χ0v) is 7.72. The molecule has 0 aromatic heterocycles. The highest BCUT2D eigenvalue weighted by atomic mass is 14.9. The lowest BCUT2D eigenvalue weighted by Crippen LogP contribution is -2.28. The molecule has 1 heterocycles. The van der Waals surface area contributed by atoms with E-state index < -0.39 is 0 Å². The van der Waals surface area contributed by atoms with Crippen molar-refractivity contribution >= 4 is 0 Å². The molecule has 1 aromatic carbocycles. The number of benzene rings is 1. The second-order valence-corrected chi connectivity index (χ2v) is 3.57. The molecule has 1 aromatic rings. The fraction of sp³-hybridized carbons (Fsp3) is 0.455. The summed E-state index contributed by atoms with van der Waals surface area (Å²) >= 11 is 0. The van der Waals surface area contributed by atoms with Crippen molar-refractivity contribution in [2.75, 3.05) is 6.54 Å². The molecule has 0 saturated carbocycles. The minimum absolute atomic E-state index is 0.537. The fourth-order valence-corrected chi connectivity index (χ4v) is 2.10. The first-order valence-corrected chi connectivity index (χ1v) is 4.61. The Morgan fingerprint density at radius 1 is 1.42 bits per heavy atom. The van der Waals surface area contributed by atoms with Gasteiger partial charge in [0.25, 0.3) is 0 Å². The zero-order valence-electron chi connectivity index (χ0n) is 7.72. The van der Waals surface area contributed by atoms with E-state index in [-0.39, 0.29) is 0 Å². The first-order valence-electron chi connectivity index (χ1n) is 4.61. The third kappa shape index (κ3) is 1.14. The third-order valence-electron chi connectivity index (χ3n) is 2.69. The quantitative estimate of drug-likeness (QED) is 0.615. The molecule has 0 bridgehead atoms. The lowest BCUT2D eigenvalue weighted by molar-refractivity contribution is 0.538. The smallest absolute Gasteiger partial charge is 0.0297 e. The molecular formula is C11H15N. The molecule has 0 aliphatic carbocycles. The average molecular weight is 161 g/mol. The van der Waals surface area contributed by atoms with Gasteiger partial charge >= 0.3 is 0 Å². The molecule has 0 unspecified atom stereocenters. The molecule has 0 fully saturated rings. The van der Waals surface area contributed by atoms with Gasteiger partial charge in [-0.05, 0) is 43.5 Å². The summed E-state index contributed by atoms with van der Waals surface area (Å²) in [7, 11) is 0. The van der Waals surface area contributed by atoms with Crippen LogP contribution in [0.2, 0.25) is 0 Å². The molecule has 1 nitrogen and oxygen atoms in total. The molecule has 0 saturated heterocycles. The van der Waals surface area contributed by atoms with Crippen LogP contribution in [0.4, 0.5) is 0 Å². The summed E-state index contributed by atoms with van der Waals surface area (Å²) in [6.07, 6.45) is 1.18. The van der Waals surface area contributed by atoms with Gasteiger partial charge in [-0.2, -0.15) is 0 Å². The van der Waals surface area contributed by atoms with Crippen molar-refractivity contribution in [2.45, 2.75) is 26.3 Å². The van der Waals surface area contributed by atoms with Gasteiger partial charge in [-0.3, -0.25) is 0 Å². The van der Waals surface area contributed by atoms with E-state index in [0.717, 1.165) is 6.54 Å². The van der Waals surface area contributed by atoms with Crippen molar-refractivity contribution < 1.29 is 0 Å². The Kier molecular flexibility index (Phi) is 1.89. The van der Waals surface area contributed by atoms with Crippen LogP contribution in [0.15, 0.2) is 18.2 Å². The van der Waals surface area contributed by atoms with Crippen molar-refractivity contribution in [3.05, 3.63) is 34.9 Å². The van der Waals surface area contributed by atoms with E-state index in [1.54, 1.807) is 0 Å². The van der Waals surface area contributed by atoms with Crippen LogP contribution in [-0.4, -0.2) is 6.54 Å². The number of aryl methyl sites for hydroxylation is 1. The van der Waals surface area contributed by atoms with Gasteiger partial charge in [-0.15, -0.1) is 0 Å². The molecule has 1 aliphatic heterocycles. The van der Waals surface area contributed by atoms with Crippen molar-refractivity contribution in [1.29, 1.82) is 0 Å². The molecule has 64 valence electrons. The van der Waals surface area contributed by atoms with Gasteiger partial charge in [0.05, 0.1) is 0 Å². The Morgan fingerprint density at radius 3 is 3.00 bits per heavy atom. The molecule has 1 heteroatoms. The Hall–Kier alpha value is -0.820. The summed E-state index contributed by atoms with van der Waals surface area (Å²) in [6.45, 7) is 5.56. The van der Waals surface area contributed by atoms with Gasteiger partial charge in [0.1, 0.15) is 0 Å². The van der Waals surface area contributed by atoms with Crippen molar-refractivity contribution in [1.82, 2.24) is 5.32 Å². The highest BCUT2D eigenvalue weighted by Crippen LogP contribution is 2.25. The minimum atomic E-state index is 0.537.